The molecule has 0 bridgehead atoms. The van der Waals surface area contributed by atoms with E-state index in [1.54, 1.807) is 0 Å². The van der Waals surface area contributed by atoms with Gasteiger partial charge in [-0.1, -0.05) is 39.3 Å². The molecule has 3 heteroatoms. The van der Waals surface area contributed by atoms with Crippen LogP contribution < -0.4 is 0 Å². The van der Waals surface area contributed by atoms with Gasteiger partial charge in [0.1, 0.15) is 0 Å². The van der Waals surface area contributed by atoms with Crippen molar-refractivity contribution in [1.29, 1.82) is 0 Å². The van der Waals surface area contributed by atoms with Crippen molar-refractivity contribution in [3.8, 4) is 0 Å². The molecular weight excluding hydrogens is 288 g/mol. The van der Waals surface area contributed by atoms with Gasteiger partial charge >= 0.3 is 0 Å². The van der Waals surface area contributed by atoms with E-state index in [1.807, 2.05) is 6.92 Å². The van der Waals surface area contributed by atoms with Crippen molar-refractivity contribution in [2.45, 2.75) is 78.6 Å². The van der Waals surface area contributed by atoms with Crippen LogP contribution in [0.15, 0.2) is 11.6 Å². The predicted molar refractivity (Wildman–Crippen MR) is 91.8 cm³/mol. The van der Waals surface area contributed by atoms with E-state index in [0.717, 1.165) is 18.4 Å². The molecule has 0 spiro atoms. The van der Waals surface area contributed by atoms with Crippen LogP contribution in [0.1, 0.15) is 60.3 Å². The average Bonchev–Trinajstić information content (AvgIpc) is 2.75. The molecule has 8 atom stereocenters. The number of hydrogen-bond acceptors (Lipinski definition) is 3. The third-order valence-corrected chi connectivity index (χ3v) is 7.65. The molecular formula is C20H34O3. The Balaban J connectivity index is 2.12. The minimum atomic E-state index is -0.867. The molecule has 132 valence electrons. The molecule has 8 unspecified atom stereocenters. The van der Waals surface area contributed by atoms with E-state index in [4.69, 9.17) is 0 Å². The van der Waals surface area contributed by atoms with Crippen LogP contribution in [0.25, 0.3) is 0 Å². The zero-order chi connectivity index (χ0) is 17.2. The van der Waals surface area contributed by atoms with E-state index in [-0.39, 0.29) is 11.3 Å². The summed E-state index contributed by atoms with van der Waals surface area (Å²) in [6.45, 7) is 11.0. The van der Waals surface area contributed by atoms with Crippen LogP contribution in [0, 0.1) is 34.5 Å². The first-order chi connectivity index (χ1) is 10.6. The normalized spacial score (nSPS) is 53.5. The van der Waals surface area contributed by atoms with Crippen molar-refractivity contribution in [3.05, 3.63) is 11.6 Å². The Hall–Kier alpha value is -0.380. The summed E-state index contributed by atoms with van der Waals surface area (Å²) in [6.07, 6.45) is 3.70. The summed E-state index contributed by atoms with van der Waals surface area (Å²) in [6, 6.07) is 0. The van der Waals surface area contributed by atoms with Crippen LogP contribution >= 0.6 is 0 Å². The fourth-order valence-corrected chi connectivity index (χ4v) is 6.22. The van der Waals surface area contributed by atoms with Crippen molar-refractivity contribution in [1.82, 2.24) is 0 Å². The van der Waals surface area contributed by atoms with Crippen LogP contribution in [-0.2, 0) is 0 Å². The Morgan fingerprint density at radius 1 is 1.17 bits per heavy atom. The monoisotopic (exact) mass is 322 g/mol. The van der Waals surface area contributed by atoms with Crippen molar-refractivity contribution >= 4 is 0 Å². The number of fused-ring (bicyclic) bond motifs is 3. The van der Waals surface area contributed by atoms with Gasteiger partial charge in [0, 0.05) is 5.41 Å². The van der Waals surface area contributed by atoms with Crippen LogP contribution in [0.5, 0.6) is 0 Å². The van der Waals surface area contributed by atoms with Crippen molar-refractivity contribution in [2.75, 3.05) is 0 Å². The fraction of sp³-hybridized carbons (Fsp3) is 0.900. The average molecular weight is 322 g/mol. The lowest BCUT2D eigenvalue weighted by molar-refractivity contribution is -0.184. The van der Waals surface area contributed by atoms with E-state index in [2.05, 4.69) is 33.8 Å². The lowest BCUT2D eigenvalue weighted by Gasteiger charge is -2.57. The van der Waals surface area contributed by atoms with E-state index in [9.17, 15) is 15.3 Å². The quantitative estimate of drug-likeness (QED) is 0.650. The van der Waals surface area contributed by atoms with Crippen molar-refractivity contribution in [3.63, 3.8) is 0 Å². The lowest BCUT2D eigenvalue weighted by atomic mass is 9.49. The number of rotatable bonds is 1. The van der Waals surface area contributed by atoms with E-state index < -0.39 is 23.7 Å². The summed E-state index contributed by atoms with van der Waals surface area (Å²) in [5.41, 5.74) is 0.638. The molecule has 0 aromatic carbocycles. The standard InChI is InChI=1S/C20H34O3/c1-11(2)13-6-7-19(4)10-16(22)20(5)14(17(13)19)8-12(3)9-15(21)18(20)23/h8,11,13-18,21-23H,6-7,9-10H2,1-5H3. The van der Waals surface area contributed by atoms with Gasteiger partial charge in [-0.25, -0.2) is 0 Å². The van der Waals surface area contributed by atoms with E-state index >= 15 is 0 Å². The third kappa shape index (κ3) is 2.42. The Kier molecular flexibility index (Phi) is 4.23. The molecule has 23 heavy (non-hydrogen) atoms. The fourth-order valence-electron chi connectivity index (χ4n) is 6.22. The van der Waals surface area contributed by atoms with Gasteiger partial charge in [0.25, 0.3) is 0 Å². The van der Waals surface area contributed by atoms with Gasteiger partial charge in [-0.3, -0.25) is 0 Å². The first-order valence-electron chi connectivity index (χ1n) is 9.32. The van der Waals surface area contributed by atoms with Gasteiger partial charge < -0.3 is 15.3 Å². The summed E-state index contributed by atoms with van der Waals surface area (Å²) in [4.78, 5) is 0. The first-order valence-corrected chi connectivity index (χ1v) is 9.32. The highest BCUT2D eigenvalue weighted by atomic mass is 16.3. The summed E-state index contributed by atoms with van der Waals surface area (Å²) >= 11 is 0. The van der Waals surface area contributed by atoms with Gasteiger partial charge in [-0.2, -0.15) is 0 Å². The molecule has 0 aromatic heterocycles. The number of allylic oxidation sites excluding steroid dienone is 1. The Morgan fingerprint density at radius 2 is 1.83 bits per heavy atom. The van der Waals surface area contributed by atoms with Gasteiger partial charge in [0.2, 0.25) is 0 Å². The van der Waals surface area contributed by atoms with Gasteiger partial charge in [-0.15, -0.1) is 0 Å². The second kappa shape index (κ2) is 5.57. The molecule has 0 radical (unpaired) electrons. The van der Waals surface area contributed by atoms with Gasteiger partial charge in [0.15, 0.2) is 0 Å². The molecule has 2 saturated carbocycles. The zero-order valence-electron chi connectivity index (χ0n) is 15.3. The predicted octanol–water partition coefficient (Wildman–Crippen LogP) is 3.13. The highest BCUT2D eigenvalue weighted by Gasteiger charge is 2.63. The Labute approximate surface area is 140 Å². The highest BCUT2D eigenvalue weighted by Crippen LogP contribution is 2.65. The second-order valence-corrected chi connectivity index (χ2v) is 9.47. The summed E-state index contributed by atoms with van der Waals surface area (Å²) in [5.74, 6) is 1.85. The molecule has 3 aliphatic rings. The summed E-state index contributed by atoms with van der Waals surface area (Å²) < 4.78 is 0. The third-order valence-electron chi connectivity index (χ3n) is 7.65. The zero-order valence-corrected chi connectivity index (χ0v) is 15.3. The molecule has 3 nitrogen and oxygen atoms in total. The van der Waals surface area contributed by atoms with E-state index in [1.165, 1.54) is 6.42 Å². The molecule has 2 fully saturated rings. The molecule has 3 rings (SSSR count). The lowest BCUT2D eigenvalue weighted by Crippen LogP contribution is -2.60. The topological polar surface area (TPSA) is 60.7 Å². The smallest absolute Gasteiger partial charge is 0.0886 e. The molecule has 3 N–H and O–H groups in total. The highest BCUT2D eigenvalue weighted by molar-refractivity contribution is 5.21. The molecule has 0 aliphatic heterocycles. The summed E-state index contributed by atoms with van der Waals surface area (Å²) in [7, 11) is 0. The van der Waals surface area contributed by atoms with Crippen LogP contribution in [-0.4, -0.2) is 33.6 Å². The molecule has 0 amide bonds. The molecule has 3 aliphatic carbocycles. The molecule has 0 saturated heterocycles. The summed E-state index contributed by atoms with van der Waals surface area (Å²) in [5, 5.41) is 32.3. The maximum Gasteiger partial charge on any atom is 0.0886 e. The second-order valence-electron chi connectivity index (χ2n) is 9.47. The molecule has 0 heterocycles. The van der Waals surface area contributed by atoms with E-state index in [0.29, 0.717) is 24.2 Å². The van der Waals surface area contributed by atoms with Crippen LogP contribution in [0.2, 0.25) is 0 Å². The number of aliphatic hydroxyl groups is 3. The SMILES string of the molecule is CC1=CC2C3C(C(C)C)CCC3(C)CC(O)C2(C)C(O)C(O)C1. The largest absolute Gasteiger partial charge is 0.392 e. The van der Waals surface area contributed by atoms with Gasteiger partial charge in [-0.05, 0) is 61.7 Å². The first kappa shape index (κ1) is 17.4. The van der Waals surface area contributed by atoms with Crippen molar-refractivity contribution in [2.24, 2.45) is 34.5 Å². The molecule has 0 aromatic rings. The van der Waals surface area contributed by atoms with Crippen LogP contribution in [0.3, 0.4) is 0 Å². The van der Waals surface area contributed by atoms with Crippen LogP contribution in [0.4, 0.5) is 0 Å². The minimum absolute atomic E-state index is 0.137. The maximum absolute atomic E-state index is 11.0. The maximum atomic E-state index is 11.0. The Bertz CT molecular complexity index is 499. The number of aliphatic hydroxyl groups excluding tert-OH is 3. The minimum Gasteiger partial charge on any atom is -0.392 e. The number of hydrogen-bond donors (Lipinski definition) is 3. The van der Waals surface area contributed by atoms with Crippen molar-refractivity contribution < 1.29 is 15.3 Å². The van der Waals surface area contributed by atoms with Gasteiger partial charge in [0.05, 0.1) is 18.3 Å². The Morgan fingerprint density at radius 3 is 2.43 bits per heavy atom.